The second-order valence-corrected chi connectivity index (χ2v) is 11.4. The van der Waals surface area contributed by atoms with Crippen LogP contribution in [0.25, 0.3) is 22.3 Å². The minimum Gasteiger partial charge on any atom is -0.496 e. The van der Waals surface area contributed by atoms with Crippen LogP contribution in [-0.2, 0) is 13.6 Å². The van der Waals surface area contributed by atoms with E-state index in [4.69, 9.17) is 18.5 Å². The Labute approximate surface area is 235 Å². The zero-order chi connectivity index (χ0) is 28.4. The third-order valence-corrected chi connectivity index (χ3v) is 8.89. The van der Waals surface area contributed by atoms with Crippen LogP contribution in [0.2, 0.25) is 0 Å². The molecule has 0 N–H and O–H groups in total. The van der Waals surface area contributed by atoms with Crippen molar-refractivity contribution in [3.63, 3.8) is 0 Å². The van der Waals surface area contributed by atoms with E-state index in [1.165, 1.54) is 22.0 Å². The van der Waals surface area contributed by atoms with Gasteiger partial charge in [0, 0.05) is 16.7 Å². The summed E-state index contributed by atoms with van der Waals surface area (Å²) in [4.78, 5) is 0. The summed E-state index contributed by atoms with van der Waals surface area (Å²) in [7, 11) is 2.73. The summed E-state index contributed by atoms with van der Waals surface area (Å²) in [5.41, 5.74) is 6.38. The molecular formula is C32H38O5P2. The van der Waals surface area contributed by atoms with Crippen molar-refractivity contribution in [2.75, 3.05) is 27.4 Å². The average molecular weight is 565 g/mol. The van der Waals surface area contributed by atoms with Crippen LogP contribution in [-0.4, -0.2) is 27.4 Å². The third-order valence-electron chi connectivity index (χ3n) is 6.21. The lowest BCUT2D eigenvalue weighted by Crippen LogP contribution is -2.14. The molecule has 0 amide bonds. The first-order valence-electron chi connectivity index (χ1n) is 12.9. The van der Waals surface area contributed by atoms with Crippen molar-refractivity contribution < 1.29 is 23.1 Å². The summed E-state index contributed by atoms with van der Waals surface area (Å²) in [6.45, 7) is 8.36. The van der Waals surface area contributed by atoms with Crippen LogP contribution in [0.15, 0.2) is 84.9 Å². The van der Waals surface area contributed by atoms with Crippen LogP contribution in [0.3, 0.4) is 0 Å². The number of aryl methyl sites for hydroxylation is 2. The molecule has 0 aliphatic carbocycles. The molecule has 39 heavy (non-hydrogen) atoms. The zero-order valence-corrected chi connectivity index (χ0v) is 25.6. The number of hydrogen-bond donors (Lipinski definition) is 0. The second-order valence-electron chi connectivity index (χ2n) is 8.74. The number of hydrogen-bond acceptors (Lipinski definition) is 5. The molecule has 5 nitrogen and oxygen atoms in total. The van der Waals surface area contributed by atoms with E-state index in [1.807, 2.05) is 75.4 Å². The van der Waals surface area contributed by atoms with Crippen LogP contribution >= 0.6 is 16.8 Å². The first-order valence-corrected chi connectivity index (χ1v) is 15.0. The average Bonchev–Trinajstić information content (AvgIpc) is 2.94. The Bertz CT molecular complexity index is 1420. The molecular weight excluding hydrogens is 526 g/mol. The highest BCUT2D eigenvalue weighted by Crippen LogP contribution is 2.50. The normalized spacial score (nSPS) is 10.9. The van der Waals surface area contributed by atoms with E-state index in [2.05, 4.69) is 40.4 Å². The molecule has 4 rings (SSSR count). The lowest BCUT2D eigenvalue weighted by atomic mass is 9.99. The van der Waals surface area contributed by atoms with Gasteiger partial charge in [-0.05, 0) is 67.9 Å². The molecule has 0 bridgehead atoms. The molecule has 1 unspecified atom stereocenters. The molecule has 0 aromatic heterocycles. The van der Waals surface area contributed by atoms with E-state index in [9.17, 15) is 4.57 Å². The van der Waals surface area contributed by atoms with Crippen LogP contribution in [0, 0.1) is 13.8 Å². The summed E-state index contributed by atoms with van der Waals surface area (Å²) in [6.07, 6.45) is 0. The quantitative estimate of drug-likeness (QED) is 0.195. The molecule has 4 aromatic rings. The summed E-state index contributed by atoms with van der Waals surface area (Å²) in [5.74, 6) is 1.66. The number of benzene rings is 4. The molecule has 0 aliphatic rings. The Kier molecular flexibility index (Phi) is 11.3. The van der Waals surface area contributed by atoms with Crippen LogP contribution in [0.5, 0.6) is 11.5 Å². The van der Waals surface area contributed by atoms with Gasteiger partial charge in [-0.2, -0.15) is 0 Å². The fourth-order valence-corrected chi connectivity index (χ4v) is 6.61. The Morgan fingerprint density at radius 3 is 1.59 bits per heavy atom. The standard InChI is InChI=1S/C18H23O4P.C14H15OP/c1-5-21-23(19,22-6-2)17-13-8-7-11-15(17)18-14(3)10-9-12-16(18)20-4;1-10-6-5-8-12(15-2)14(10)11-7-3-4-9-13(11)16/h7-13H,5-6H2,1-4H3;3-9H,16H2,1-2H3. The molecule has 0 fully saturated rings. The molecule has 0 radical (unpaired) electrons. The van der Waals surface area contributed by atoms with E-state index in [0.29, 0.717) is 18.5 Å². The van der Waals surface area contributed by atoms with Gasteiger partial charge in [-0.15, -0.1) is 9.24 Å². The van der Waals surface area contributed by atoms with Gasteiger partial charge in [-0.1, -0.05) is 66.7 Å². The third kappa shape index (κ3) is 7.18. The van der Waals surface area contributed by atoms with Gasteiger partial charge in [0.15, 0.2) is 0 Å². The van der Waals surface area contributed by atoms with Gasteiger partial charge in [-0.3, -0.25) is 4.57 Å². The molecule has 4 aromatic carbocycles. The van der Waals surface area contributed by atoms with Crippen LogP contribution < -0.4 is 20.1 Å². The van der Waals surface area contributed by atoms with Crippen LogP contribution in [0.1, 0.15) is 25.0 Å². The van der Waals surface area contributed by atoms with Gasteiger partial charge < -0.3 is 18.5 Å². The molecule has 206 valence electrons. The van der Waals surface area contributed by atoms with Crippen molar-refractivity contribution >= 4 is 27.4 Å². The molecule has 0 spiro atoms. The Balaban J connectivity index is 0.000000230. The minimum atomic E-state index is -3.38. The van der Waals surface area contributed by atoms with Gasteiger partial charge in [0.1, 0.15) is 11.5 Å². The number of rotatable bonds is 9. The van der Waals surface area contributed by atoms with Crippen molar-refractivity contribution in [1.29, 1.82) is 0 Å². The molecule has 0 saturated heterocycles. The Hall–Kier alpha value is -2.94. The highest BCUT2D eigenvalue weighted by Gasteiger charge is 2.31. The summed E-state index contributed by atoms with van der Waals surface area (Å²) < 4.78 is 35.2. The zero-order valence-electron chi connectivity index (χ0n) is 23.6. The molecule has 0 saturated carbocycles. The smallest absolute Gasteiger partial charge is 0.361 e. The van der Waals surface area contributed by atoms with Crippen molar-refractivity contribution in [3.8, 4) is 33.8 Å². The molecule has 0 aliphatic heterocycles. The summed E-state index contributed by atoms with van der Waals surface area (Å²) >= 11 is 0. The van der Waals surface area contributed by atoms with Crippen molar-refractivity contribution in [2.45, 2.75) is 27.7 Å². The molecule has 7 heteroatoms. The Morgan fingerprint density at radius 2 is 1.10 bits per heavy atom. The minimum absolute atomic E-state index is 0.316. The summed E-state index contributed by atoms with van der Waals surface area (Å²) in [6, 6.07) is 27.7. The van der Waals surface area contributed by atoms with E-state index < -0.39 is 7.60 Å². The van der Waals surface area contributed by atoms with Gasteiger partial charge in [0.2, 0.25) is 0 Å². The van der Waals surface area contributed by atoms with Gasteiger partial charge in [0.25, 0.3) is 0 Å². The highest BCUT2D eigenvalue weighted by molar-refractivity contribution is 7.62. The maximum absolute atomic E-state index is 13.2. The van der Waals surface area contributed by atoms with Gasteiger partial charge in [-0.25, -0.2) is 0 Å². The first-order chi connectivity index (χ1) is 18.8. The Morgan fingerprint density at radius 1 is 0.641 bits per heavy atom. The van der Waals surface area contributed by atoms with E-state index in [-0.39, 0.29) is 0 Å². The summed E-state index contributed by atoms with van der Waals surface area (Å²) in [5, 5.41) is 1.76. The van der Waals surface area contributed by atoms with E-state index in [1.54, 1.807) is 20.3 Å². The monoisotopic (exact) mass is 564 g/mol. The highest BCUT2D eigenvalue weighted by atomic mass is 31.2. The molecule has 0 heterocycles. The predicted octanol–water partition coefficient (Wildman–Crippen LogP) is 7.73. The predicted molar refractivity (Wildman–Crippen MR) is 166 cm³/mol. The molecule has 1 atom stereocenters. The van der Waals surface area contributed by atoms with E-state index >= 15 is 0 Å². The van der Waals surface area contributed by atoms with E-state index in [0.717, 1.165) is 28.2 Å². The van der Waals surface area contributed by atoms with Gasteiger partial charge >= 0.3 is 7.60 Å². The van der Waals surface area contributed by atoms with Crippen LogP contribution in [0.4, 0.5) is 0 Å². The maximum atomic E-state index is 13.2. The second kappa shape index (κ2) is 14.4. The SMILES string of the molecule is CCOP(=O)(OCC)c1ccccc1-c1c(C)cccc1OC.COc1cccc(C)c1-c1ccccc1P. The fraction of sp³-hybridized carbons (Fsp3) is 0.250. The van der Waals surface area contributed by atoms with Crippen molar-refractivity contribution in [1.82, 2.24) is 0 Å². The number of methoxy groups -OCH3 is 2. The fourth-order valence-electron chi connectivity index (χ4n) is 4.48. The van der Waals surface area contributed by atoms with Crippen molar-refractivity contribution in [2.24, 2.45) is 0 Å². The number of ether oxygens (including phenoxy) is 2. The lowest BCUT2D eigenvalue weighted by molar-refractivity contribution is 0.230. The van der Waals surface area contributed by atoms with Crippen molar-refractivity contribution in [3.05, 3.63) is 96.1 Å². The largest absolute Gasteiger partial charge is 0.496 e. The first kappa shape index (κ1) is 30.6. The maximum Gasteiger partial charge on any atom is 0.361 e. The van der Waals surface area contributed by atoms with Gasteiger partial charge in [0.05, 0.1) is 32.7 Å². The lowest BCUT2D eigenvalue weighted by Gasteiger charge is -2.21. The topological polar surface area (TPSA) is 54.0 Å².